The maximum Gasteiger partial charge on any atom is 0.403 e. The number of nitrogens with zero attached hydrogens (tertiary/aromatic N) is 1. The second-order valence-electron chi connectivity index (χ2n) is 3.38. The van der Waals surface area contributed by atoms with Crippen LogP contribution in [-0.4, -0.2) is 17.2 Å². The molecule has 0 amide bonds. The SMILES string of the molecule is Cc1cc(Cl)nc(Cl)c1CC(N)C(F)(F)F. The van der Waals surface area contributed by atoms with E-state index in [4.69, 9.17) is 28.9 Å². The number of halogens is 5. The van der Waals surface area contributed by atoms with Crippen molar-refractivity contribution in [1.82, 2.24) is 4.98 Å². The summed E-state index contributed by atoms with van der Waals surface area (Å²) in [6, 6.07) is -0.502. The zero-order valence-corrected chi connectivity index (χ0v) is 9.79. The van der Waals surface area contributed by atoms with E-state index < -0.39 is 18.6 Å². The molecule has 16 heavy (non-hydrogen) atoms. The second-order valence-corrected chi connectivity index (χ2v) is 4.13. The van der Waals surface area contributed by atoms with Crippen LogP contribution in [0.25, 0.3) is 0 Å². The van der Waals surface area contributed by atoms with E-state index in [0.717, 1.165) is 0 Å². The lowest BCUT2D eigenvalue weighted by Gasteiger charge is -2.17. The molecule has 1 heterocycles. The van der Waals surface area contributed by atoms with E-state index in [1.165, 1.54) is 6.07 Å². The van der Waals surface area contributed by atoms with Gasteiger partial charge in [-0.15, -0.1) is 0 Å². The Kier molecular flexibility index (Phi) is 4.04. The van der Waals surface area contributed by atoms with Gasteiger partial charge >= 0.3 is 6.18 Å². The minimum Gasteiger partial charge on any atom is -0.320 e. The van der Waals surface area contributed by atoms with Crippen molar-refractivity contribution >= 4 is 23.2 Å². The molecule has 90 valence electrons. The van der Waals surface area contributed by atoms with Gasteiger partial charge in [-0.25, -0.2) is 4.98 Å². The largest absolute Gasteiger partial charge is 0.403 e. The van der Waals surface area contributed by atoms with E-state index >= 15 is 0 Å². The third kappa shape index (κ3) is 3.23. The van der Waals surface area contributed by atoms with Crippen LogP contribution in [0.2, 0.25) is 10.3 Å². The Morgan fingerprint density at radius 3 is 2.44 bits per heavy atom. The molecule has 1 aromatic heterocycles. The number of pyridine rings is 1. The van der Waals surface area contributed by atoms with Gasteiger partial charge in [0, 0.05) is 0 Å². The first-order valence-corrected chi connectivity index (χ1v) is 5.11. The number of nitrogens with two attached hydrogens (primary N) is 1. The Morgan fingerprint density at radius 1 is 1.44 bits per heavy atom. The summed E-state index contributed by atoms with van der Waals surface area (Å²) in [6.45, 7) is 1.61. The number of aryl methyl sites for hydroxylation is 1. The summed E-state index contributed by atoms with van der Waals surface area (Å²) < 4.78 is 36.8. The van der Waals surface area contributed by atoms with Crippen LogP contribution >= 0.6 is 23.2 Å². The average molecular weight is 273 g/mol. The lowest BCUT2D eigenvalue weighted by molar-refractivity contribution is -0.147. The van der Waals surface area contributed by atoms with Crippen LogP contribution in [0, 0.1) is 6.92 Å². The maximum atomic E-state index is 12.3. The molecule has 2 nitrogen and oxygen atoms in total. The third-order valence-electron chi connectivity index (χ3n) is 2.11. The van der Waals surface area contributed by atoms with Crippen LogP contribution in [0.1, 0.15) is 11.1 Å². The number of aromatic nitrogens is 1. The smallest absolute Gasteiger partial charge is 0.320 e. The van der Waals surface area contributed by atoms with Crippen molar-refractivity contribution in [3.63, 3.8) is 0 Å². The standard InChI is InChI=1S/C9H9Cl2F3N2/c1-4-2-7(10)16-8(11)5(4)3-6(15)9(12,13)14/h2,6H,3,15H2,1H3. The predicted molar refractivity (Wildman–Crippen MR) is 56.7 cm³/mol. The van der Waals surface area contributed by atoms with Crippen molar-refractivity contribution in [2.75, 3.05) is 0 Å². The lowest BCUT2D eigenvalue weighted by Crippen LogP contribution is -2.39. The van der Waals surface area contributed by atoms with Crippen LogP contribution in [0.3, 0.4) is 0 Å². The van der Waals surface area contributed by atoms with Gasteiger partial charge in [0.1, 0.15) is 16.3 Å². The predicted octanol–water partition coefficient (Wildman–Crippen LogP) is 3.13. The molecule has 0 aliphatic rings. The van der Waals surface area contributed by atoms with Gasteiger partial charge in [0.25, 0.3) is 0 Å². The van der Waals surface area contributed by atoms with Crippen molar-refractivity contribution in [3.05, 3.63) is 27.5 Å². The van der Waals surface area contributed by atoms with Gasteiger partial charge in [0.05, 0.1) is 0 Å². The minimum absolute atomic E-state index is 0.0373. The topological polar surface area (TPSA) is 38.9 Å². The highest BCUT2D eigenvalue weighted by Gasteiger charge is 2.37. The Morgan fingerprint density at radius 2 is 2.00 bits per heavy atom. The number of alkyl halides is 3. The van der Waals surface area contributed by atoms with Gasteiger partial charge in [-0.05, 0) is 30.5 Å². The Bertz CT molecular complexity index is 370. The highest BCUT2D eigenvalue weighted by Crippen LogP contribution is 2.27. The summed E-state index contributed by atoms with van der Waals surface area (Å²) >= 11 is 11.3. The van der Waals surface area contributed by atoms with E-state index in [2.05, 4.69) is 4.98 Å². The molecule has 0 saturated carbocycles. The summed E-state index contributed by atoms with van der Waals surface area (Å²) in [4.78, 5) is 3.68. The minimum atomic E-state index is -4.45. The first-order valence-electron chi connectivity index (χ1n) is 4.35. The summed E-state index contributed by atoms with van der Waals surface area (Å²) in [6.07, 6.45) is -4.85. The number of hydrogen-bond donors (Lipinski definition) is 1. The van der Waals surface area contributed by atoms with E-state index in [-0.39, 0.29) is 15.9 Å². The number of hydrogen-bond acceptors (Lipinski definition) is 2. The van der Waals surface area contributed by atoms with Crippen molar-refractivity contribution < 1.29 is 13.2 Å². The molecule has 1 rings (SSSR count). The molecular formula is C9H9Cl2F3N2. The normalized spacial score (nSPS) is 13.9. The van der Waals surface area contributed by atoms with E-state index in [0.29, 0.717) is 5.56 Å². The molecule has 0 spiro atoms. The van der Waals surface area contributed by atoms with Gasteiger partial charge in [-0.3, -0.25) is 0 Å². The third-order valence-corrected chi connectivity index (χ3v) is 2.62. The molecule has 0 aliphatic carbocycles. The van der Waals surface area contributed by atoms with Crippen LogP contribution < -0.4 is 5.73 Å². The van der Waals surface area contributed by atoms with Crippen molar-refractivity contribution in [2.24, 2.45) is 5.73 Å². The first kappa shape index (κ1) is 13.5. The molecule has 1 unspecified atom stereocenters. The molecule has 1 aromatic rings. The first-order chi connectivity index (χ1) is 7.21. The van der Waals surface area contributed by atoms with Crippen molar-refractivity contribution in [2.45, 2.75) is 25.6 Å². The lowest BCUT2D eigenvalue weighted by atomic mass is 10.0. The molecule has 2 N–H and O–H groups in total. The summed E-state index contributed by atoms with van der Waals surface area (Å²) in [5.41, 5.74) is 5.83. The molecule has 0 fully saturated rings. The van der Waals surface area contributed by atoms with Crippen molar-refractivity contribution in [3.8, 4) is 0 Å². The molecule has 0 radical (unpaired) electrons. The molecule has 0 aromatic carbocycles. The monoisotopic (exact) mass is 272 g/mol. The zero-order chi connectivity index (χ0) is 12.5. The fourth-order valence-corrected chi connectivity index (χ4v) is 1.81. The van der Waals surface area contributed by atoms with Gasteiger partial charge in [-0.2, -0.15) is 13.2 Å². The summed E-state index contributed by atoms with van der Waals surface area (Å²) in [5.74, 6) is 0. The number of rotatable bonds is 2. The maximum absolute atomic E-state index is 12.3. The summed E-state index contributed by atoms with van der Waals surface area (Å²) in [5, 5.41) is 0.108. The highest BCUT2D eigenvalue weighted by atomic mass is 35.5. The zero-order valence-electron chi connectivity index (χ0n) is 8.28. The van der Waals surface area contributed by atoms with Crippen molar-refractivity contribution in [1.29, 1.82) is 0 Å². The van der Waals surface area contributed by atoms with Crippen LogP contribution in [-0.2, 0) is 6.42 Å². The van der Waals surface area contributed by atoms with Crippen LogP contribution in [0.5, 0.6) is 0 Å². The molecule has 7 heteroatoms. The Balaban J connectivity index is 2.98. The van der Waals surface area contributed by atoms with E-state index in [1.54, 1.807) is 6.92 Å². The summed E-state index contributed by atoms with van der Waals surface area (Å²) in [7, 11) is 0. The van der Waals surface area contributed by atoms with Gasteiger partial charge in [-0.1, -0.05) is 23.2 Å². The van der Waals surface area contributed by atoms with Crippen LogP contribution in [0.4, 0.5) is 13.2 Å². The Hall–Kier alpha value is -0.520. The molecular weight excluding hydrogens is 264 g/mol. The fourth-order valence-electron chi connectivity index (χ4n) is 1.20. The molecule has 0 saturated heterocycles. The highest BCUT2D eigenvalue weighted by molar-refractivity contribution is 6.33. The van der Waals surface area contributed by atoms with Gasteiger partial charge in [0.15, 0.2) is 0 Å². The fraction of sp³-hybridized carbons (Fsp3) is 0.444. The van der Waals surface area contributed by atoms with E-state index in [1.807, 2.05) is 0 Å². The van der Waals surface area contributed by atoms with Crippen LogP contribution in [0.15, 0.2) is 6.07 Å². The van der Waals surface area contributed by atoms with Gasteiger partial charge < -0.3 is 5.73 Å². The second kappa shape index (κ2) is 4.77. The molecule has 0 aliphatic heterocycles. The molecule has 1 atom stereocenters. The van der Waals surface area contributed by atoms with Gasteiger partial charge in [0.2, 0.25) is 0 Å². The quantitative estimate of drug-likeness (QED) is 0.841. The Labute approximate surface area is 101 Å². The van der Waals surface area contributed by atoms with E-state index in [9.17, 15) is 13.2 Å². The average Bonchev–Trinajstić information content (AvgIpc) is 2.08. The molecule has 0 bridgehead atoms.